The molecule has 3 rings (SSSR count). The van der Waals surface area contributed by atoms with Crippen LogP contribution in [0.15, 0.2) is 49.3 Å². The molecule has 2 aromatic heterocycles. The van der Waals surface area contributed by atoms with Crippen molar-refractivity contribution in [2.24, 2.45) is 0 Å². The number of nitrogens with one attached hydrogen (secondary N) is 1. The first-order valence-electron chi connectivity index (χ1n) is 6.44. The summed E-state index contributed by atoms with van der Waals surface area (Å²) in [6.07, 6.45) is 3.98. The van der Waals surface area contributed by atoms with E-state index in [-0.39, 0.29) is 11.6 Å². The zero-order valence-corrected chi connectivity index (χ0v) is 12.5. The van der Waals surface area contributed by atoms with Crippen molar-refractivity contribution in [3.8, 4) is 5.82 Å². The van der Waals surface area contributed by atoms with Crippen LogP contribution in [0.4, 0.5) is 10.2 Å². The van der Waals surface area contributed by atoms with Gasteiger partial charge in [-0.05, 0) is 17.7 Å². The third-order valence-corrected chi connectivity index (χ3v) is 4.07. The van der Waals surface area contributed by atoms with Crippen LogP contribution in [-0.4, -0.2) is 33.2 Å². The van der Waals surface area contributed by atoms with Crippen molar-refractivity contribution < 1.29 is 12.8 Å². The molecule has 0 bridgehead atoms. The zero-order valence-electron chi connectivity index (χ0n) is 11.7. The third kappa shape index (κ3) is 3.86. The third-order valence-electron chi connectivity index (χ3n) is 2.84. The van der Waals surface area contributed by atoms with E-state index in [1.165, 1.54) is 54.0 Å². The van der Waals surface area contributed by atoms with Crippen molar-refractivity contribution in [3.05, 3.63) is 60.7 Å². The smallest absolute Gasteiger partial charge is 0.238 e. The average molecular weight is 334 g/mol. The first kappa shape index (κ1) is 15.0. The highest BCUT2D eigenvalue weighted by atomic mass is 32.2. The Kier molecular flexibility index (Phi) is 3.98. The summed E-state index contributed by atoms with van der Waals surface area (Å²) in [5.74, 6) is -0.243. The molecular weight excluding hydrogens is 323 g/mol. The molecule has 0 aliphatic heterocycles. The van der Waals surface area contributed by atoms with E-state index in [0.717, 1.165) is 0 Å². The summed E-state index contributed by atoms with van der Waals surface area (Å²) in [4.78, 5) is 11.6. The van der Waals surface area contributed by atoms with E-state index in [0.29, 0.717) is 11.4 Å². The molecule has 10 heteroatoms. The highest BCUT2D eigenvalue weighted by Crippen LogP contribution is 2.13. The summed E-state index contributed by atoms with van der Waals surface area (Å²) >= 11 is 0. The van der Waals surface area contributed by atoms with Crippen molar-refractivity contribution in [1.82, 2.24) is 24.7 Å². The Balaban J connectivity index is 1.78. The van der Waals surface area contributed by atoms with E-state index in [1.807, 2.05) is 0 Å². The molecule has 3 aromatic rings. The Morgan fingerprint density at radius 3 is 2.61 bits per heavy atom. The van der Waals surface area contributed by atoms with Crippen molar-refractivity contribution in [3.63, 3.8) is 0 Å². The molecule has 0 spiro atoms. The Bertz CT molecular complexity index is 896. The maximum Gasteiger partial charge on any atom is 0.238 e. The maximum atomic E-state index is 12.9. The van der Waals surface area contributed by atoms with E-state index in [4.69, 9.17) is 0 Å². The Hall–Kier alpha value is -2.88. The number of nitrogens with zero attached hydrogens (tertiary/aromatic N) is 5. The molecule has 0 atom stereocenters. The van der Waals surface area contributed by atoms with Gasteiger partial charge in [0.2, 0.25) is 10.0 Å². The zero-order chi connectivity index (χ0) is 16.3. The van der Waals surface area contributed by atoms with Gasteiger partial charge in [-0.2, -0.15) is 5.10 Å². The monoisotopic (exact) mass is 334 g/mol. The number of sulfonamides is 1. The SMILES string of the molecule is O=S(=O)(Cc1ccc(F)cc1)Nc1cc(-n2cncn2)ncn1. The lowest BCUT2D eigenvalue weighted by Crippen LogP contribution is -2.16. The first-order valence-corrected chi connectivity index (χ1v) is 8.09. The van der Waals surface area contributed by atoms with Gasteiger partial charge in [-0.15, -0.1) is 0 Å². The Labute approximate surface area is 131 Å². The van der Waals surface area contributed by atoms with Gasteiger partial charge in [-0.1, -0.05) is 12.1 Å². The largest absolute Gasteiger partial charge is 0.267 e. The van der Waals surface area contributed by atoms with Crippen molar-refractivity contribution in [2.75, 3.05) is 4.72 Å². The van der Waals surface area contributed by atoms with Crippen LogP contribution in [0.3, 0.4) is 0 Å². The van der Waals surface area contributed by atoms with E-state index < -0.39 is 15.8 Å². The molecule has 1 aromatic carbocycles. The molecule has 0 saturated heterocycles. The summed E-state index contributed by atoms with van der Waals surface area (Å²) in [5, 5.41) is 3.90. The summed E-state index contributed by atoms with van der Waals surface area (Å²) < 4.78 is 40.9. The molecular formula is C13H11FN6O2S. The van der Waals surface area contributed by atoms with Crippen molar-refractivity contribution >= 4 is 15.8 Å². The highest BCUT2D eigenvalue weighted by Gasteiger charge is 2.13. The van der Waals surface area contributed by atoms with Crippen LogP contribution in [0.1, 0.15) is 5.56 Å². The average Bonchev–Trinajstić information content (AvgIpc) is 3.03. The number of anilines is 1. The van der Waals surface area contributed by atoms with Crippen LogP contribution in [0.5, 0.6) is 0 Å². The lowest BCUT2D eigenvalue weighted by molar-refractivity contribution is 0.599. The number of aromatic nitrogens is 5. The van der Waals surface area contributed by atoms with E-state index in [2.05, 4.69) is 24.8 Å². The summed E-state index contributed by atoms with van der Waals surface area (Å²) in [5.41, 5.74) is 0.462. The molecule has 2 heterocycles. The Morgan fingerprint density at radius 1 is 1.13 bits per heavy atom. The standard InChI is InChI=1S/C13H11FN6O2S/c14-11-3-1-10(2-4-11)6-23(21,22)19-12-5-13(17-8-16-12)20-9-15-7-18-20/h1-5,7-9H,6H2,(H,16,17,19). The van der Waals surface area contributed by atoms with Crippen LogP contribution >= 0.6 is 0 Å². The second-order valence-electron chi connectivity index (χ2n) is 4.59. The number of hydrogen-bond donors (Lipinski definition) is 1. The van der Waals surface area contributed by atoms with E-state index in [9.17, 15) is 12.8 Å². The van der Waals surface area contributed by atoms with Gasteiger partial charge in [-0.3, -0.25) is 4.72 Å². The lowest BCUT2D eigenvalue weighted by atomic mass is 10.2. The lowest BCUT2D eigenvalue weighted by Gasteiger charge is -2.08. The van der Waals surface area contributed by atoms with Gasteiger partial charge < -0.3 is 0 Å². The van der Waals surface area contributed by atoms with Crippen molar-refractivity contribution in [2.45, 2.75) is 5.75 Å². The first-order chi connectivity index (χ1) is 11.0. The molecule has 0 radical (unpaired) electrons. The summed E-state index contributed by atoms with van der Waals surface area (Å²) in [7, 11) is -3.69. The predicted molar refractivity (Wildman–Crippen MR) is 79.6 cm³/mol. The second-order valence-corrected chi connectivity index (χ2v) is 6.31. The molecule has 8 nitrogen and oxygen atoms in total. The number of hydrogen-bond acceptors (Lipinski definition) is 6. The topological polar surface area (TPSA) is 103 Å². The second kappa shape index (κ2) is 6.08. The fourth-order valence-electron chi connectivity index (χ4n) is 1.85. The highest BCUT2D eigenvalue weighted by molar-refractivity contribution is 7.91. The number of benzene rings is 1. The normalized spacial score (nSPS) is 11.3. The molecule has 23 heavy (non-hydrogen) atoms. The Morgan fingerprint density at radius 2 is 1.91 bits per heavy atom. The van der Waals surface area contributed by atoms with Crippen LogP contribution in [0.25, 0.3) is 5.82 Å². The fraction of sp³-hybridized carbons (Fsp3) is 0.0769. The summed E-state index contributed by atoms with van der Waals surface area (Å²) in [6.45, 7) is 0. The van der Waals surface area contributed by atoms with Gasteiger partial charge in [0, 0.05) is 6.07 Å². The van der Waals surface area contributed by atoms with Crippen LogP contribution in [0.2, 0.25) is 0 Å². The van der Waals surface area contributed by atoms with Crippen LogP contribution < -0.4 is 4.72 Å². The van der Waals surface area contributed by atoms with Crippen LogP contribution in [-0.2, 0) is 15.8 Å². The van der Waals surface area contributed by atoms with Gasteiger partial charge in [-0.25, -0.2) is 32.4 Å². The van der Waals surface area contributed by atoms with Crippen LogP contribution in [0, 0.1) is 5.82 Å². The molecule has 0 unspecified atom stereocenters. The minimum Gasteiger partial charge on any atom is -0.267 e. The maximum absolute atomic E-state index is 12.9. The molecule has 1 N–H and O–H groups in total. The van der Waals surface area contributed by atoms with Gasteiger partial charge >= 0.3 is 0 Å². The van der Waals surface area contributed by atoms with Gasteiger partial charge in [0.15, 0.2) is 5.82 Å². The van der Waals surface area contributed by atoms with Crippen molar-refractivity contribution in [1.29, 1.82) is 0 Å². The fourth-order valence-corrected chi connectivity index (χ4v) is 2.98. The molecule has 118 valence electrons. The number of halogens is 1. The summed E-state index contributed by atoms with van der Waals surface area (Å²) in [6, 6.07) is 6.67. The van der Waals surface area contributed by atoms with E-state index >= 15 is 0 Å². The molecule has 0 amide bonds. The minimum atomic E-state index is -3.69. The quantitative estimate of drug-likeness (QED) is 0.750. The molecule has 0 aliphatic carbocycles. The number of rotatable bonds is 5. The molecule has 0 fully saturated rings. The van der Waals surface area contributed by atoms with E-state index in [1.54, 1.807) is 0 Å². The van der Waals surface area contributed by atoms with Gasteiger partial charge in [0.1, 0.15) is 30.6 Å². The molecule has 0 aliphatic rings. The van der Waals surface area contributed by atoms with Gasteiger partial charge in [0.25, 0.3) is 0 Å². The predicted octanol–water partition coefficient (Wildman–Crippen LogP) is 1.14. The molecule has 0 saturated carbocycles. The van der Waals surface area contributed by atoms with Gasteiger partial charge in [0.05, 0.1) is 5.75 Å². The minimum absolute atomic E-state index is 0.104.